The monoisotopic (exact) mass is 169 g/mol. The lowest BCUT2D eigenvalue weighted by Gasteiger charge is -2.17. The van der Waals surface area contributed by atoms with E-state index < -0.39 is 0 Å². The summed E-state index contributed by atoms with van der Waals surface area (Å²) < 4.78 is 0. The Bertz CT molecular complexity index is 118. The van der Waals surface area contributed by atoms with Gasteiger partial charge in [-0.15, -0.1) is 0 Å². The highest BCUT2D eigenvalue weighted by molar-refractivity contribution is 4.91. The SMILES string of the molecule is [CH2]CC=CC(CCC)C(O)CC. The summed E-state index contributed by atoms with van der Waals surface area (Å²) in [5.74, 6) is 0.335. The van der Waals surface area contributed by atoms with Gasteiger partial charge in [0.2, 0.25) is 0 Å². The molecule has 0 aliphatic rings. The Balaban J connectivity index is 3.93. The van der Waals surface area contributed by atoms with Gasteiger partial charge in [-0.2, -0.15) is 0 Å². The molecule has 0 bridgehead atoms. The fourth-order valence-corrected chi connectivity index (χ4v) is 1.32. The summed E-state index contributed by atoms with van der Waals surface area (Å²) in [5, 5.41) is 9.60. The zero-order valence-electron chi connectivity index (χ0n) is 8.29. The quantitative estimate of drug-likeness (QED) is 0.606. The van der Waals surface area contributed by atoms with Crippen LogP contribution in [0.1, 0.15) is 39.5 Å². The summed E-state index contributed by atoms with van der Waals surface area (Å²) in [4.78, 5) is 0. The fraction of sp³-hybridized carbons (Fsp3) is 0.727. The van der Waals surface area contributed by atoms with E-state index in [0.717, 1.165) is 25.7 Å². The van der Waals surface area contributed by atoms with E-state index in [9.17, 15) is 5.11 Å². The third-order valence-corrected chi connectivity index (χ3v) is 2.08. The molecule has 1 radical (unpaired) electrons. The highest BCUT2D eigenvalue weighted by Crippen LogP contribution is 2.15. The van der Waals surface area contributed by atoms with Crippen molar-refractivity contribution in [3.63, 3.8) is 0 Å². The van der Waals surface area contributed by atoms with E-state index >= 15 is 0 Å². The van der Waals surface area contributed by atoms with Crippen molar-refractivity contribution in [2.24, 2.45) is 5.92 Å². The molecule has 0 aliphatic heterocycles. The maximum atomic E-state index is 9.60. The second kappa shape index (κ2) is 7.35. The van der Waals surface area contributed by atoms with Gasteiger partial charge in [0.25, 0.3) is 0 Å². The van der Waals surface area contributed by atoms with Crippen molar-refractivity contribution in [1.82, 2.24) is 0 Å². The number of aliphatic hydroxyl groups excluding tert-OH is 1. The molecular weight excluding hydrogens is 148 g/mol. The van der Waals surface area contributed by atoms with Crippen LogP contribution in [0.5, 0.6) is 0 Å². The summed E-state index contributed by atoms with van der Waals surface area (Å²) in [7, 11) is 0. The molecule has 0 fully saturated rings. The minimum Gasteiger partial charge on any atom is -0.393 e. The smallest absolute Gasteiger partial charge is 0.0600 e. The van der Waals surface area contributed by atoms with Gasteiger partial charge < -0.3 is 5.11 Å². The highest BCUT2D eigenvalue weighted by Gasteiger charge is 2.12. The third kappa shape index (κ3) is 4.55. The molecule has 0 aromatic heterocycles. The minimum atomic E-state index is -0.173. The maximum absolute atomic E-state index is 9.60. The molecule has 1 nitrogen and oxygen atoms in total. The summed E-state index contributed by atoms with van der Waals surface area (Å²) in [6.07, 6.45) is 7.83. The van der Waals surface area contributed by atoms with Crippen molar-refractivity contribution < 1.29 is 5.11 Å². The van der Waals surface area contributed by atoms with Crippen LogP contribution in [0.15, 0.2) is 12.2 Å². The zero-order chi connectivity index (χ0) is 9.40. The van der Waals surface area contributed by atoms with Gasteiger partial charge in [0.15, 0.2) is 0 Å². The molecule has 2 unspecified atom stereocenters. The fourth-order valence-electron chi connectivity index (χ4n) is 1.32. The van der Waals surface area contributed by atoms with Crippen LogP contribution in [0, 0.1) is 12.8 Å². The molecular formula is C11H21O. The van der Waals surface area contributed by atoms with Gasteiger partial charge in [-0.1, -0.05) is 32.4 Å². The lowest BCUT2D eigenvalue weighted by molar-refractivity contribution is 0.121. The van der Waals surface area contributed by atoms with Gasteiger partial charge in [-0.05, 0) is 26.2 Å². The topological polar surface area (TPSA) is 20.2 Å². The Morgan fingerprint density at radius 2 is 2.08 bits per heavy atom. The Morgan fingerprint density at radius 3 is 2.50 bits per heavy atom. The predicted octanol–water partition coefficient (Wildman–Crippen LogP) is 2.95. The van der Waals surface area contributed by atoms with Crippen LogP contribution >= 0.6 is 0 Å². The van der Waals surface area contributed by atoms with Crippen molar-refractivity contribution in [3.05, 3.63) is 19.1 Å². The second-order valence-electron chi connectivity index (χ2n) is 3.14. The molecule has 2 atom stereocenters. The number of hydrogen-bond donors (Lipinski definition) is 1. The predicted molar refractivity (Wildman–Crippen MR) is 53.8 cm³/mol. The maximum Gasteiger partial charge on any atom is 0.0600 e. The van der Waals surface area contributed by atoms with Gasteiger partial charge in [-0.3, -0.25) is 0 Å². The van der Waals surface area contributed by atoms with Gasteiger partial charge >= 0.3 is 0 Å². The molecule has 0 saturated heterocycles. The lowest BCUT2D eigenvalue weighted by atomic mass is 9.95. The molecule has 71 valence electrons. The lowest BCUT2D eigenvalue weighted by Crippen LogP contribution is -2.17. The largest absolute Gasteiger partial charge is 0.393 e. The molecule has 0 heterocycles. The standard InChI is InChI=1S/C11H21O/c1-4-7-9-10(8-5-2)11(12)6-3/h7,9-12H,1,4-6,8H2,2-3H3. The first-order valence-corrected chi connectivity index (χ1v) is 4.90. The Kier molecular flexibility index (Phi) is 7.17. The Hall–Kier alpha value is -0.300. The number of allylic oxidation sites excluding steroid dienone is 1. The van der Waals surface area contributed by atoms with Crippen molar-refractivity contribution in [3.8, 4) is 0 Å². The highest BCUT2D eigenvalue weighted by atomic mass is 16.3. The van der Waals surface area contributed by atoms with Crippen LogP contribution in [0.25, 0.3) is 0 Å². The van der Waals surface area contributed by atoms with Crippen LogP contribution in [0.3, 0.4) is 0 Å². The summed E-state index contributed by atoms with van der Waals surface area (Å²) >= 11 is 0. The zero-order valence-corrected chi connectivity index (χ0v) is 8.29. The van der Waals surface area contributed by atoms with E-state index in [1.54, 1.807) is 0 Å². The average molecular weight is 169 g/mol. The first-order valence-electron chi connectivity index (χ1n) is 4.90. The normalized spacial score (nSPS) is 16.7. The van der Waals surface area contributed by atoms with Crippen LogP contribution < -0.4 is 0 Å². The average Bonchev–Trinajstić information content (AvgIpc) is 2.11. The molecule has 0 aliphatic carbocycles. The Labute approximate surface area is 76.5 Å². The van der Waals surface area contributed by atoms with E-state index in [2.05, 4.69) is 19.9 Å². The Morgan fingerprint density at radius 1 is 1.42 bits per heavy atom. The van der Waals surface area contributed by atoms with Crippen LogP contribution in [0.2, 0.25) is 0 Å². The number of aliphatic hydroxyl groups is 1. The van der Waals surface area contributed by atoms with Crippen LogP contribution in [-0.4, -0.2) is 11.2 Å². The molecule has 0 amide bonds. The summed E-state index contributed by atoms with van der Waals surface area (Å²) in [6, 6.07) is 0. The molecule has 12 heavy (non-hydrogen) atoms. The molecule has 0 rings (SSSR count). The van der Waals surface area contributed by atoms with Gasteiger partial charge in [0.05, 0.1) is 6.10 Å². The number of hydrogen-bond acceptors (Lipinski definition) is 1. The van der Waals surface area contributed by atoms with Crippen molar-refractivity contribution in [1.29, 1.82) is 0 Å². The number of rotatable bonds is 6. The molecule has 0 aromatic rings. The molecule has 1 heteroatoms. The summed E-state index contributed by atoms with van der Waals surface area (Å²) in [6.45, 7) is 7.90. The van der Waals surface area contributed by atoms with Gasteiger partial charge in [0, 0.05) is 5.92 Å². The van der Waals surface area contributed by atoms with E-state index in [-0.39, 0.29) is 6.10 Å². The van der Waals surface area contributed by atoms with Crippen molar-refractivity contribution in [2.45, 2.75) is 45.6 Å². The van der Waals surface area contributed by atoms with E-state index in [1.807, 2.05) is 13.0 Å². The van der Waals surface area contributed by atoms with E-state index in [4.69, 9.17) is 0 Å². The first-order chi connectivity index (χ1) is 5.76. The minimum absolute atomic E-state index is 0.173. The van der Waals surface area contributed by atoms with Crippen LogP contribution in [0.4, 0.5) is 0 Å². The van der Waals surface area contributed by atoms with Crippen molar-refractivity contribution >= 4 is 0 Å². The third-order valence-electron chi connectivity index (χ3n) is 2.08. The van der Waals surface area contributed by atoms with E-state index in [1.165, 1.54) is 0 Å². The molecule has 1 N–H and O–H groups in total. The molecule has 0 saturated carbocycles. The first kappa shape index (κ1) is 11.7. The van der Waals surface area contributed by atoms with E-state index in [0.29, 0.717) is 5.92 Å². The molecule has 0 spiro atoms. The van der Waals surface area contributed by atoms with Crippen LogP contribution in [-0.2, 0) is 0 Å². The summed E-state index contributed by atoms with van der Waals surface area (Å²) in [5.41, 5.74) is 0. The van der Waals surface area contributed by atoms with Gasteiger partial charge in [0.1, 0.15) is 0 Å². The van der Waals surface area contributed by atoms with Gasteiger partial charge in [-0.25, -0.2) is 0 Å². The van der Waals surface area contributed by atoms with Crippen molar-refractivity contribution in [2.75, 3.05) is 0 Å². The second-order valence-corrected chi connectivity index (χ2v) is 3.14. The molecule has 0 aromatic carbocycles.